The van der Waals surface area contributed by atoms with E-state index < -0.39 is 0 Å². The molecule has 0 aromatic carbocycles. The zero-order chi connectivity index (χ0) is 15.3. The first kappa shape index (κ1) is 16.7. The van der Waals surface area contributed by atoms with Crippen molar-refractivity contribution in [1.29, 1.82) is 0 Å². The highest BCUT2D eigenvalue weighted by atomic mass is 35.5. The summed E-state index contributed by atoms with van der Waals surface area (Å²) >= 11 is 6.40. The van der Waals surface area contributed by atoms with Gasteiger partial charge in [0, 0.05) is 13.2 Å². The Hall–Kier alpha value is -0.620. The third kappa shape index (κ3) is 3.42. The second-order valence-corrected chi connectivity index (χ2v) is 6.17. The molecule has 1 atom stereocenters. The minimum Gasteiger partial charge on any atom is -0.373 e. The molecule has 1 aliphatic rings. The van der Waals surface area contributed by atoms with Gasteiger partial charge in [-0.15, -0.1) is 0 Å². The van der Waals surface area contributed by atoms with Gasteiger partial charge in [0.2, 0.25) is 0 Å². The normalized spacial score (nSPS) is 19.6. The summed E-state index contributed by atoms with van der Waals surface area (Å²) in [6, 6.07) is -0.126. The van der Waals surface area contributed by atoms with Crippen LogP contribution in [0.25, 0.3) is 0 Å². The fraction of sp³-hybridized carbons (Fsp3) is 0.800. The number of rotatable bonds is 7. The Bertz CT molecular complexity index is 437. The van der Waals surface area contributed by atoms with Crippen LogP contribution in [0.15, 0.2) is 6.20 Å². The number of nitrogens with zero attached hydrogens (tertiary/aromatic N) is 2. The van der Waals surface area contributed by atoms with Crippen molar-refractivity contribution in [3.05, 3.63) is 16.9 Å². The lowest BCUT2D eigenvalue weighted by Gasteiger charge is -2.43. The molecule has 120 valence electrons. The van der Waals surface area contributed by atoms with Crippen LogP contribution >= 0.6 is 11.6 Å². The van der Waals surface area contributed by atoms with Crippen molar-refractivity contribution < 1.29 is 4.74 Å². The molecule has 0 saturated heterocycles. The van der Waals surface area contributed by atoms with Crippen LogP contribution in [0.3, 0.4) is 0 Å². The van der Waals surface area contributed by atoms with Gasteiger partial charge in [0.05, 0.1) is 28.6 Å². The van der Waals surface area contributed by atoms with Gasteiger partial charge in [0.15, 0.2) is 0 Å². The fourth-order valence-corrected chi connectivity index (χ4v) is 3.73. The van der Waals surface area contributed by atoms with Crippen molar-refractivity contribution in [2.75, 3.05) is 6.61 Å². The van der Waals surface area contributed by atoms with Crippen LogP contribution in [0.2, 0.25) is 5.02 Å². The molecule has 1 saturated carbocycles. The van der Waals surface area contributed by atoms with Crippen molar-refractivity contribution >= 4 is 11.6 Å². The number of nitrogens with two attached hydrogens (primary N) is 1. The Labute approximate surface area is 132 Å². The van der Waals surface area contributed by atoms with Gasteiger partial charge < -0.3 is 4.74 Å². The molecule has 0 spiro atoms. The number of nitrogens with one attached hydrogen (secondary N) is 1. The third-order valence-corrected chi connectivity index (χ3v) is 4.66. The maximum absolute atomic E-state index is 6.40. The van der Waals surface area contributed by atoms with Gasteiger partial charge in [-0.3, -0.25) is 10.5 Å². The Balaban J connectivity index is 2.38. The van der Waals surface area contributed by atoms with Crippen LogP contribution < -0.4 is 11.3 Å². The molecule has 21 heavy (non-hydrogen) atoms. The number of aromatic nitrogens is 2. The van der Waals surface area contributed by atoms with Crippen molar-refractivity contribution in [2.24, 2.45) is 5.84 Å². The van der Waals surface area contributed by atoms with Gasteiger partial charge in [-0.2, -0.15) is 5.10 Å². The van der Waals surface area contributed by atoms with Crippen molar-refractivity contribution in [3.8, 4) is 0 Å². The predicted octanol–water partition coefficient (Wildman–Crippen LogP) is 3.19. The minimum atomic E-state index is -0.281. The number of hydrogen-bond donors (Lipinski definition) is 2. The first-order valence-electron chi connectivity index (χ1n) is 7.99. The van der Waals surface area contributed by atoms with Crippen molar-refractivity contribution in [3.63, 3.8) is 0 Å². The van der Waals surface area contributed by atoms with E-state index in [9.17, 15) is 0 Å². The van der Waals surface area contributed by atoms with Crippen molar-refractivity contribution in [1.82, 2.24) is 15.2 Å². The summed E-state index contributed by atoms with van der Waals surface area (Å²) in [5.74, 6) is 5.91. The van der Waals surface area contributed by atoms with Gasteiger partial charge in [-0.1, -0.05) is 37.8 Å². The Morgan fingerprint density at radius 2 is 2.14 bits per heavy atom. The second kappa shape index (κ2) is 7.58. The lowest BCUT2D eigenvalue weighted by atomic mass is 9.78. The van der Waals surface area contributed by atoms with E-state index in [1.54, 1.807) is 6.20 Å². The molecule has 1 aliphatic carbocycles. The lowest BCUT2D eigenvalue weighted by Crippen LogP contribution is -2.50. The van der Waals surface area contributed by atoms with Gasteiger partial charge in [-0.25, -0.2) is 5.43 Å². The maximum atomic E-state index is 6.40. The highest BCUT2D eigenvalue weighted by Crippen LogP contribution is 2.42. The molecule has 6 heteroatoms. The van der Waals surface area contributed by atoms with E-state index in [0.29, 0.717) is 11.6 Å². The summed E-state index contributed by atoms with van der Waals surface area (Å²) < 4.78 is 8.15. The SMILES string of the molecule is CCCn1ncc(Cl)c1C(NN)C1(OCC)CCCCC1. The van der Waals surface area contributed by atoms with Crippen LogP contribution in [-0.4, -0.2) is 22.0 Å². The zero-order valence-electron chi connectivity index (χ0n) is 13.1. The van der Waals surface area contributed by atoms with E-state index in [0.717, 1.165) is 44.3 Å². The van der Waals surface area contributed by atoms with E-state index >= 15 is 0 Å². The van der Waals surface area contributed by atoms with Crippen LogP contribution in [0.4, 0.5) is 0 Å². The van der Waals surface area contributed by atoms with Crippen LogP contribution in [-0.2, 0) is 11.3 Å². The third-order valence-electron chi connectivity index (χ3n) is 4.37. The summed E-state index contributed by atoms with van der Waals surface area (Å²) in [4.78, 5) is 0. The van der Waals surface area contributed by atoms with E-state index in [1.165, 1.54) is 6.42 Å². The van der Waals surface area contributed by atoms with E-state index in [1.807, 2.05) is 11.6 Å². The highest BCUT2D eigenvalue weighted by molar-refractivity contribution is 6.31. The molecule has 0 aliphatic heterocycles. The van der Waals surface area contributed by atoms with Gasteiger partial charge in [0.25, 0.3) is 0 Å². The molecule has 5 nitrogen and oxygen atoms in total. The molecule has 0 amide bonds. The van der Waals surface area contributed by atoms with Crippen LogP contribution in [0, 0.1) is 0 Å². The number of ether oxygens (including phenoxy) is 1. The maximum Gasteiger partial charge on any atom is 0.0933 e. The average molecular weight is 315 g/mol. The molecule has 3 N–H and O–H groups in total. The smallest absolute Gasteiger partial charge is 0.0933 e. The van der Waals surface area contributed by atoms with Crippen LogP contribution in [0.1, 0.15) is 64.1 Å². The molecule has 1 aromatic heterocycles. The molecule has 0 bridgehead atoms. The molecule has 1 fully saturated rings. The van der Waals surface area contributed by atoms with Gasteiger partial charge >= 0.3 is 0 Å². The topological polar surface area (TPSA) is 65.1 Å². The second-order valence-electron chi connectivity index (χ2n) is 5.76. The molecule has 1 unspecified atom stereocenters. The minimum absolute atomic E-state index is 0.126. The van der Waals surface area contributed by atoms with Gasteiger partial charge in [0.1, 0.15) is 0 Å². The number of hydrazine groups is 1. The van der Waals surface area contributed by atoms with E-state index in [4.69, 9.17) is 22.2 Å². The standard InChI is InChI=1S/C15H27ClN4O/c1-3-10-20-13(12(16)11-18-20)14(19-17)15(21-4-2)8-6-5-7-9-15/h11,14,19H,3-10,17H2,1-2H3. The number of halogens is 1. The molecular formula is C15H27ClN4O. The number of aryl methyl sites for hydroxylation is 1. The van der Waals surface area contributed by atoms with Gasteiger partial charge in [-0.05, 0) is 26.2 Å². The summed E-state index contributed by atoms with van der Waals surface area (Å²) in [7, 11) is 0. The van der Waals surface area contributed by atoms with Crippen molar-refractivity contribution in [2.45, 2.75) is 70.6 Å². The molecular weight excluding hydrogens is 288 g/mol. The zero-order valence-corrected chi connectivity index (χ0v) is 13.8. The molecule has 1 aromatic rings. The highest BCUT2D eigenvalue weighted by Gasteiger charge is 2.43. The molecule has 0 radical (unpaired) electrons. The largest absolute Gasteiger partial charge is 0.373 e. The summed E-state index contributed by atoms with van der Waals surface area (Å²) in [5.41, 5.74) is 3.64. The summed E-state index contributed by atoms with van der Waals surface area (Å²) in [6.07, 6.45) is 8.31. The fourth-order valence-electron chi connectivity index (χ4n) is 3.48. The molecule has 2 rings (SSSR count). The first-order valence-corrected chi connectivity index (χ1v) is 8.37. The lowest BCUT2D eigenvalue weighted by molar-refractivity contribution is -0.0930. The molecule has 1 heterocycles. The van der Waals surface area contributed by atoms with E-state index in [2.05, 4.69) is 17.4 Å². The predicted molar refractivity (Wildman–Crippen MR) is 85.0 cm³/mol. The Morgan fingerprint density at radius 3 is 2.71 bits per heavy atom. The quantitative estimate of drug-likeness (QED) is 0.599. The monoisotopic (exact) mass is 314 g/mol. The Morgan fingerprint density at radius 1 is 1.43 bits per heavy atom. The van der Waals surface area contributed by atoms with E-state index in [-0.39, 0.29) is 11.6 Å². The Kier molecular flexibility index (Phi) is 6.05. The summed E-state index contributed by atoms with van der Waals surface area (Å²) in [6.45, 7) is 5.68. The van der Waals surface area contributed by atoms with Crippen LogP contribution in [0.5, 0.6) is 0 Å². The number of hydrogen-bond acceptors (Lipinski definition) is 4. The average Bonchev–Trinajstić information content (AvgIpc) is 2.83. The summed E-state index contributed by atoms with van der Waals surface area (Å²) in [5, 5.41) is 5.06. The first-order chi connectivity index (χ1) is 10.2.